The number of esters is 2. The Morgan fingerprint density at radius 2 is 1.25 bits per heavy atom. The molecule has 11 heteroatoms. The number of hydrogen-bond donors (Lipinski definition) is 3. The second-order valence-corrected chi connectivity index (χ2v) is 11.6. The van der Waals surface area contributed by atoms with Crippen molar-refractivity contribution in [3.05, 3.63) is 60.8 Å². The van der Waals surface area contributed by atoms with Crippen LogP contribution in [0.15, 0.2) is 60.8 Å². The van der Waals surface area contributed by atoms with Crippen LogP contribution in [-0.2, 0) is 32.7 Å². The van der Waals surface area contributed by atoms with Crippen molar-refractivity contribution in [1.29, 1.82) is 0 Å². The average molecular weight is 643 g/mol. The summed E-state index contributed by atoms with van der Waals surface area (Å²) in [5.41, 5.74) is 0. The summed E-state index contributed by atoms with van der Waals surface area (Å²) in [5, 5.41) is 18.1. The van der Waals surface area contributed by atoms with Crippen LogP contribution in [0.1, 0.15) is 97.3 Å². The Bertz CT molecular complexity index is 926. The monoisotopic (exact) mass is 642 g/mol. The number of ether oxygens (including phenoxy) is 2. The fraction of sp³-hybridized carbons (Fsp3) is 0.636. The quantitative estimate of drug-likeness (QED) is 0.0359. The molecule has 0 aliphatic rings. The van der Waals surface area contributed by atoms with Crippen molar-refractivity contribution >= 4 is 19.8 Å². The molecule has 0 aromatic rings. The first-order valence-corrected chi connectivity index (χ1v) is 17.2. The highest BCUT2D eigenvalue weighted by atomic mass is 31.2. The Morgan fingerprint density at radius 1 is 0.705 bits per heavy atom. The summed E-state index contributed by atoms with van der Waals surface area (Å²) in [4.78, 5) is 34.2. The molecule has 0 saturated carbocycles. The highest BCUT2D eigenvalue weighted by Gasteiger charge is 2.27. The molecule has 0 aliphatic carbocycles. The number of aliphatic hydroxyl groups is 2. The van der Waals surface area contributed by atoms with Crippen molar-refractivity contribution < 1.29 is 47.8 Å². The Labute approximate surface area is 264 Å². The molecule has 3 unspecified atom stereocenters. The van der Waals surface area contributed by atoms with E-state index in [9.17, 15) is 24.2 Å². The second kappa shape index (κ2) is 29.4. The van der Waals surface area contributed by atoms with Gasteiger partial charge < -0.3 is 24.6 Å². The van der Waals surface area contributed by atoms with E-state index >= 15 is 0 Å². The van der Waals surface area contributed by atoms with Crippen molar-refractivity contribution in [1.82, 2.24) is 0 Å². The smallest absolute Gasteiger partial charge is 0.462 e. The molecule has 0 heterocycles. The summed E-state index contributed by atoms with van der Waals surface area (Å²) in [7, 11) is -4.61. The maximum Gasteiger partial charge on any atom is 0.472 e. The Kier molecular flexibility index (Phi) is 27.8. The number of hydrogen-bond acceptors (Lipinski definition) is 9. The van der Waals surface area contributed by atoms with Gasteiger partial charge in [0, 0.05) is 12.8 Å². The van der Waals surface area contributed by atoms with Crippen LogP contribution < -0.4 is 0 Å². The summed E-state index contributed by atoms with van der Waals surface area (Å²) < 4.78 is 32.1. The predicted octanol–water partition coefficient (Wildman–Crippen LogP) is 6.82. The molecule has 0 aromatic heterocycles. The normalized spacial score (nSPS) is 15.1. The number of aliphatic hydroxyl groups excluding tert-OH is 2. The summed E-state index contributed by atoms with van der Waals surface area (Å²) in [6.45, 7) is 2.00. The molecule has 10 nitrogen and oxygen atoms in total. The van der Waals surface area contributed by atoms with Gasteiger partial charge in [-0.05, 0) is 51.4 Å². The largest absolute Gasteiger partial charge is 0.472 e. The molecular formula is C33H55O10P. The predicted molar refractivity (Wildman–Crippen MR) is 173 cm³/mol. The summed E-state index contributed by atoms with van der Waals surface area (Å²) in [6.07, 6.45) is 28.5. The van der Waals surface area contributed by atoms with E-state index < -0.39 is 51.8 Å². The fourth-order valence-electron chi connectivity index (χ4n) is 3.50. The molecule has 0 aromatic carbocycles. The number of phosphoric ester groups is 1. The molecule has 0 radical (unpaired) electrons. The van der Waals surface area contributed by atoms with Gasteiger partial charge in [-0.2, -0.15) is 0 Å². The van der Waals surface area contributed by atoms with Crippen LogP contribution in [0.5, 0.6) is 0 Å². The van der Waals surface area contributed by atoms with Gasteiger partial charge in [-0.15, -0.1) is 0 Å². The fourth-order valence-corrected chi connectivity index (χ4v) is 4.29. The lowest BCUT2D eigenvalue weighted by atomic mass is 10.2. The van der Waals surface area contributed by atoms with Gasteiger partial charge in [0.25, 0.3) is 0 Å². The van der Waals surface area contributed by atoms with E-state index in [1.54, 1.807) is 0 Å². The Balaban J connectivity index is 4.47. The van der Waals surface area contributed by atoms with Crippen LogP contribution in [0.25, 0.3) is 0 Å². The molecule has 3 N–H and O–H groups in total. The number of allylic oxidation sites excluding steroid dienone is 10. The third-order valence-electron chi connectivity index (χ3n) is 5.94. The minimum Gasteiger partial charge on any atom is -0.462 e. The highest BCUT2D eigenvalue weighted by molar-refractivity contribution is 7.47. The first-order chi connectivity index (χ1) is 21.2. The minimum atomic E-state index is -4.61. The van der Waals surface area contributed by atoms with E-state index in [1.807, 2.05) is 12.2 Å². The van der Waals surface area contributed by atoms with Gasteiger partial charge in [-0.1, -0.05) is 93.9 Å². The number of carbonyl (C=O) groups is 2. The summed E-state index contributed by atoms with van der Waals surface area (Å²) in [5.74, 6) is -1.02. The number of carbonyl (C=O) groups excluding carboxylic acids is 2. The maximum atomic E-state index is 12.4. The van der Waals surface area contributed by atoms with Gasteiger partial charge >= 0.3 is 19.8 Å². The van der Waals surface area contributed by atoms with Crippen molar-refractivity contribution in [3.8, 4) is 0 Å². The average Bonchev–Trinajstić information content (AvgIpc) is 3.01. The van der Waals surface area contributed by atoms with Crippen LogP contribution in [0, 0.1) is 0 Å². The SMILES string of the molecule is CC/C=C\C/C=C\C/C=C\C/C=C\C/C=C\CCCC(=O)OC(COC(=O)CCCCCC)COP(=O)(O)OCC(O)CO. The lowest BCUT2D eigenvalue weighted by Gasteiger charge is -2.20. The zero-order valence-electron chi connectivity index (χ0n) is 26.6. The van der Waals surface area contributed by atoms with Crippen LogP contribution in [-0.4, -0.2) is 65.7 Å². The Hall–Kier alpha value is -2.33. The van der Waals surface area contributed by atoms with Gasteiger partial charge in [0.05, 0.1) is 19.8 Å². The van der Waals surface area contributed by atoms with Crippen molar-refractivity contribution in [2.45, 2.75) is 110 Å². The molecular weight excluding hydrogens is 587 g/mol. The van der Waals surface area contributed by atoms with Crippen molar-refractivity contribution in [2.75, 3.05) is 26.4 Å². The molecule has 0 saturated heterocycles. The topological polar surface area (TPSA) is 149 Å². The lowest BCUT2D eigenvalue weighted by molar-refractivity contribution is -0.161. The van der Waals surface area contributed by atoms with Crippen LogP contribution >= 0.6 is 7.82 Å². The molecule has 0 bridgehead atoms. The van der Waals surface area contributed by atoms with Gasteiger partial charge in [0.15, 0.2) is 6.10 Å². The first-order valence-electron chi connectivity index (χ1n) is 15.7. The van der Waals surface area contributed by atoms with E-state index in [4.69, 9.17) is 19.1 Å². The third-order valence-corrected chi connectivity index (χ3v) is 6.89. The third kappa shape index (κ3) is 28.4. The van der Waals surface area contributed by atoms with E-state index in [0.717, 1.165) is 51.4 Å². The van der Waals surface area contributed by atoms with Crippen LogP contribution in [0.2, 0.25) is 0 Å². The molecule has 0 fully saturated rings. The van der Waals surface area contributed by atoms with E-state index in [2.05, 4.69) is 67.0 Å². The van der Waals surface area contributed by atoms with Crippen LogP contribution in [0.3, 0.4) is 0 Å². The van der Waals surface area contributed by atoms with E-state index in [-0.39, 0.29) is 19.4 Å². The molecule has 0 rings (SSSR count). The molecule has 44 heavy (non-hydrogen) atoms. The van der Waals surface area contributed by atoms with Crippen LogP contribution in [0.4, 0.5) is 0 Å². The van der Waals surface area contributed by atoms with E-state index in [1.165, 1.54) is 0 Å². The lowest BCUT2D eigenvalue weighted by Crippen LogP contribution is -2.29. The second-order valence-electron chi connectivity index (χ2n) is 10.1. The summed E-state index contributed by atoms with van der Waals surface area (Å²) in [6, 6.07) is 0. The highest BCUT2D eigenvalue weighted by Crippen LogP contribution is 2.43. The number of unbranched alkanes of at least 4 members (excludes halogenated alkanes) is 4. The molecule has 252 valence electrons. The zero-order valence-corrected chi connectivity index (χ0v) is 27.5. The van der Waals surface area contributed by atoms with Gasteiger partial charge in [-0.25, -0.2) is 4.57 Å². The van der Waals surface area contributed by atoms with Gasteiger partial charge in [-0.3, -0.25) is 18.6 Å². The number of phosphoric acid groups is 1. The molecule has 0 aliphatic heterocycles. The summed E-state index contributed by atoms with van der Waals surface area (Å²) >= 11 is 0. The van der Waals surface area contributed by atoms with Gasteiger partial charge in [0.1, 0.15) is 12.7 Å². The minimum absolute atomic E-state index is 0.103. The standard InChI is InChI=1S/C33H55O10P/c1-3-5-7-9-10-11-12-13-14-15-16-17-18-19-20-21-23-25-33(37)43-31(28-40-32(36)24-22-8-6-4-2)29-42-44(38,39)41-27-30(35)26-34/h5,7,10-11,13-14,16-17,19-20,30-31,34-35H,3-4,6,8-9,12,15,18,21-29H2,1-2H3,(H,38,39)/b7-5-,11-10-,14-13-,17-16-,20-19-. The number of rotatable bonds is 28. The molecule has 0 amide bonds. The zero-order chi connectivity index (χ0) is 32.7. The maximum absolute atomic E-state index is 12.4. The Morgan fingerprint density at radius 3 is 1.82 bits per heavy atom. The van der Waals surface area contributed by atoms with Gasteiger partial charge in [0.2, 0.25) is 0 Å². The van der Waals surface area contributed by atoms with Crippen molar-refractivity contribution in [3.63, 3.8) is 0 Å². The molecule has 0 spiro atoms. The van der Waals surface area contributed by atoms with Crippen molar-refractivity contribution in [2.24, 2.45) is 0 Å². The first kappa shape index (κ1) is 41.7. The van der Waals surface area contributed by atoms with E-state index in [0.29, 0.717) is 19.3 Å². The molecule has 3 atom stereocenters.